The molecule has 0 unspecified atom stereocenters. The molecule has 0 bridgehead atoms. The van der Waals surface area contributed by atoms with Gasteiger partial charge in [0.2, 0.25) is 0 Å². The largest absolute Gasteiger partial charge is 0.497 e. The average Bonchev–Trinajstić information content (AvgIpc) is 3.21. The highest BCUT2D eigenvalue weighted by atomic mass is 32.2. The number of hydrogen-bond acceptors (Lipinski definition) is 5. The number of ether oxygens (including phenoxy) is 1. The Morgan fingerprint density at radius 2 is 2.21 bits per heavy atom. The van der Waals surface area contributed by atoms with Gasteiger partial charge < -0.3 is 4.74 Å². The van der Waals surface area contributed by atoms with Crippen LogP contribution in [0, 0.1) is 0 Å². The molecule has 0 saturated carbocycles. The zero-order valence-corrected chi connectivity index (χ0v) is 14.9. The molecule has 1 aromatic carbocycles. The van der Waals surface area contributed by atoms with Gasteiger partial charge in [-0.1, -0.05) is 6.07 Å². The van der Waals surface area contributed by atoms with Crippen molar-refractivity contribution in [2.24, 2.45) is 7.05 Å². The lowest BCUT2D eigenvalue weighted by Gasteiger charge is -2.23. The summed E-state index contributed by atoms with van der Waals surface area (Å²) in [5.41, 5.74) is 1.16. The number of hydrogen-bond donors (Lipinski definition) is 0. The van der Waals surface area contributed by atoms with Crippen LogP contribution in [0.4, 0.5) is 0 Å². The van der Waals surface area contributed by atoms with Crippen LogP contribution < -0.4 is 4.74 Å². The van der Waals surface area contributed by atoms with Crippen molar-refractivity contribution in [3.05, 3.63) is 42.2 Å². The Balaban J connectivity index is 1.69. The molecule has 2 heterocycles. The van der Waals surface area contributed by atoms with Gasteiger partial charge >= 0.3 is 0 Å². The van der Waals surface area contributed by atoms with Crippen LogP contribution in [0.15, 0.2) is 41.6 Å². The van der Waals surface area contributed by atoms with Crippen molar-refractivity contribution in [1.82, 2.24) is 14.7 Å². The Hall–Kier alpha value is -1.86. The van der Waals surface area contributed by atoms with Crippen LogP contribution in [0.5, 0.6) is 5.75 Å². The first-order valence-corrected chi connectivity index (χ1v) is 9.74. The fraction of sp³-hybridized carbons (Fsp3) is 0.471. The fourth-order valence-electron chi connectivity index (χ4n) is 3.23. The van der Waals surface area contributed by atoms with Gasteiger partial charge in [-0.15, -0.1) is 0 Å². The first-order chi connectivity index (χ1) is 11.5. The van der Waals surface area contributed by atoms with Crippen LogP contribution in [0.1, 0.15) is 24.4 Å². The van der Waals surface area contributed by atoms with E-state index in [1.54, 1.807) is 28.9 Å². The van der Waals surface area contributed by atoms with Crippen LogP contribution in [-0.2, 0) is 16.9 Å². The Kier molecular flexibility index (Phi) is 4.91. The van der Waals surface area contributed by atoms with E-state index in [0.717, 1.165) is 24.9 Å². The van der Waals surface area contributed by atoms with Crippen LogP contribution in [0.3, 0.4) is 0 Å². The summed E-state index contributed by atoms with van der Waals surface area (Å²) in [6, 6.07) is 6.93. The molecule has 1 aliphatic rings. The number of methoxy groups -OCH3 is 1. The molecule has 0 N–H and O–H groups in total. The number of aryl methyl sites for hydroxylation is 1. The maximum atomic E-state index is 12.6. The zero-order valence-electron chi connectivity index (χ0n) is 14.1. The highest BCUT2D eigenvalue weighted by molar-refractivity contribution is 7.91. The second kappa shape index (κ2) is 6.94. The summed E-state index contributed by atoms with van der Waals surface area (Å²) in [5, 5.41) is 4.23. The summed E-state index contributed by atoms with van der Waals surface area (Å²) in [6.07, 6.45) is 6.02. The molecular weight excluding hydrogens is 326 g/mol. The third-order valence-electron chi connectivity index (χ3n) is 4.52. The zero-order chi connectivity index (χ0) is 17.2. The molecule has 1 aromatic heterocycles. The fourth-order valence-corrected chi connectivity index (χ4v) is 4.53. The van der Waals surface area contributed by atoms with Crippen LogP contribution in [0.2, 0.25) is 0 Å². The van der Waals surface area contributed by atoms with E-state index in [1.165, 1.54) is 7.11 Å². The Morgan fingerprint density at radius 1 is 1.38 bits per heavy atom. The molecule has 0 radical (unpaired) electrons. The van der Waals surface area contributed by atoms with Crippen molar-refractivity contribution in [3.63, 3.8) is 0 Å². The highest BCUT2D eigenvalue weighted by Gasteiger charge is 2.28. The monoisotopic (exact) mass is 349 g/mol. The van der Waals surface area contributed by atoms with Gasteiger partial charge in [-0.25, -0.2) is 8.42 Å². The van der Waals surface area contributed by atoms with Crippen LogP contribution in [-0.4, -0.2) is 49.1 Å². The Morgan fingerprint density at radius 3 is 2.92 bits per heavy atom. The number of rotatable bonds is 6. The van der Waals surface area contributed by atoms with Gasteiger partial charge in [0.25, 0.3) is 0 Å². The second-order valence-electron chi connectivity index (χ2n) is 6.14. The smallest absolute Gasteiger partial charge is 0.179 e. The predicted octanol–water partition coefficient (Wildman–Crippen LogP) is 2.04. The Labute approximate surface area is 143 Å². The molecule has 0 spiro atoms. The van der Waals surface area contributed by atoms with E-state index >= 15 is 0 Å². The molecule has 24 heavy (non-hydrogen) atoms. The van der Waals surface area contributed by atoms with Crippen molar-refractivity contribution in [3.8, 4) is 5.75 Å². The topological polar surface area (TPSA) is 64.4 Å². The normalized spacial score (nSPS) is 18.8. The van der Waals surface area contributed by atoms with Crippen molar-refractivity contribution in [2.75, 3.05) is 26.0 Å². The minimum Gasteiger partial charge on any atom is -0.497 e. The Bertz CT molecular complexity index is 801. The SMILES string of the molecule is COc1cccc(S(=O)(=O)CCN2CCC[C@H]2c2cnn(C)c2)c1. The number of sulfone groups is 1. The summed E-state index contributed by atoms with van der Waals surface area (Å²) >= 11 is 0. The van der Waals surface area contributed by atoms with E-state index in [2.05, 4.69) is 10.00 Å². The highest BCUT2D eigenvalue weighted by Crippen LogP contribution is 2.31. The van der Waals surface area contributed by atoms with Crippen molar-refractivity contribution < 1.29 is 13.2 Å². The maximum absolute atomic E-state index is 12.6. The molecule has 6 nitrogen and oxygen atoms in total. The molecule has 1 fully saturated rings. The molecule has 7 heteroatoms. The van der Waals surface area contributed by atoms with Crippen molar-refractivity contribution in [1.29, 1.82) is 0 Å². The van der Waals surface area contributed by atoms with E-state index in [-0.39, 0.29) is 11.8 Å². The molecule has 3 rings (SSSR count). The number of likely N-dealkylation sites (tertiary alicyclic amines) is 1. The molecule has 1 atom stereocenters. The standard InChI is InChI=1S/C17H23N3O3S/c1-19-13-14(12-18-19)17-7-4-8-20(17)9-10-24(21,22)16-6-3-5-15(11-16)23-2/h3,5-6,11-13,17H,4,7-10H2,1-2H3/t17-/m0/s1. The first kappa shape index (κ1) is 17.0. The van der Waals surface area contributed by atoms with Gasteiger partial charge in [0.05, 0.1) is 24.0 Å². The lowest BCUT2D eigenvalue weighted by atomic mass is 10.1. The quantitative estimate of drug-likeness (QED) is 0.798. The first-order valence-electron chi connectivity index (χ1n) is 8.09. The van der Waals surface area contributed by atoms with Gasteiger partial charge in [0.1, 0.15) is 5.75 Å². The van der Waals surface area contributed by atoms with Gasteiger partial charge in [-0.05, 0) is 37.6 Å². The summed E-state index contributed by atoms with van der Waals surface area (Å²) in [5.74, 6) is 0.669. The van der Waals surface area contributed by atoms with Gasteiger partial charge in [-0.2, -0.15) is 5.10 Å². The molecule has 130 valence electrons. The molecule has 1 aliphatic heterocycles. The van der Waals surface area contributed by atoms with Crippen LogP contribution >= 0.6 is 0 Å². The molecular formula is C17H23N3O3S. The summed E-state index contributed by atoms with van der Waals surface area (Å²) in [6.45, 7) is 1.45. The average molecular weight is 349 g/mol. The third kappa shape index (κ3) is 3.62. The molecule has 0 amide bonds. The van der Waals surface area contributed by atoms with E-state index in [0.29, 0.717) is 17.2 Å². The van der Waals surface area contributed by atoms with Gasteiger partial charge in [0.15, 0.2) is 9.84 Å². The van der Waals surface area contributed by atoms with E-state index < -0.39 is 9.84 Å². The molecule has 2 aromatic rings. The lowest BCUT2D eigenvalue weighted by Crippen LogP contribution is -2.29. The van der Waals surface area contributed by atoms with Crippen molar-refractivity contribution >= 4 is 9.84 Å². The maximum Gasteiger partial charge on any atom is 0.179 e. The predicted molar refractivity (Wildman–Crippen MR) is 91.8 cm³/mol. The van der Waals surface area contributed by atoms with Gasteiger partial charge in [0, 0.05) is 31.4 Å². The van der Waals surface area contributed by atoms with E-state index in [4.69, 9.17) is 4.74 Å². The number of nitrogens with zero attached hydrogens (tertiary/aromatic N) is 3. The number of aromatic nitrogens is 2. The summed E-state index contributed by atoms with van der Waals surface area (Å²) in [4.78, 5) is 2.56. The molecule has 0 aliphatic carbocycles. The van der Waals surface area contributed by atoms with E-state index in [1.807, 2.05) is 19.4 Å². The second-order valence-corrected chi connectivity index (χ2v) is 8.25. The van der Waals surface area contributed by atoms with E-state index in [9.17, 15) is 8.42 Å². The van der Waals surface area contributed by atoms with Crippen LogP contribution in [0.25, 0.3) is 0 Å². The minimum atomic E-state index is -3.32. The molecule has 1 saturated heterocycles. The van der Waals surface area contributed by atoms with Crippen molar-refractivity contribution in [2.45, 2.75) is 23.8 Å². The number of benzene rings is 1. The van der Waals surface area contributed by atoms with Gasteiger partial charge in [-0.3, -0.25) is 9.58 Å². The third-order valence-corrected chi connectivity index (χ3v) is 6.21. The minimum absolute atomic E-state index is 0.108. The lowest BCUT2D eigenvalue weighted by molar-refractivity contribution is 0.272. The summed E-state index contributed by atoms with van der Waals surface area (Å²) in [7, 11) is 0.112. The summed E-state index contributed by atoms with van der Waals surface area (Å²) < 4.78 is 32.1.